The molecule has 0 amide bonds. The van der Waals surface area contributed by atoms with Gasteiger partial charge in [-0.2, -0.15) is 11.8 Å². The number of methoxy groups -OCH3 is 1. The SMILES string of the molecule is CCOC(=O)C(CCCSC)Nc1ccccc1OC. The fraction of sp³-hybridized carbons (Fsp3) is 0.533. The molecule has 0 bridgehead atoms. The van der Waals surface area contributed by atoms with Crippen LogP contribution in [0, 0.1) is 0 Å². The first-order chi connectivity index (χ1) is 9.72. The first kappa shape index (κ1) is 16.7. The minimum absolute atomic E-state index is 0.209. The van der Waals surface area contributed by atoms with Crippen molar-refractivity contribution in [2.75, 3.05) is 31.0 Å². The van der Waals surface area contributed by atoms with Crippen LogP contribution >= 0.6 is 11.8 Å². The maximum atomic E-state index is 12.0. The molecular weight excluding hydrogens is 274 g/mol. The normalized spacial score (nSPS) is 11.8. The maximum absolute atomic E-state index is 12.0. The number of carbonyl (C=O) groups excluding carboxylic acids is 1. The first-order valence-corrected chi connectivity index (χ1v) is 8.17. The van der Waals surface area contributed by atoms with Crippen molar-refractivity contribution < 1.29 is 14.3 Å². The minimum atomic E-state index is -0.335. The number of carbonyl (C=O) groups is 1. The highest BCUT2D eigenvalue weighted by Crippen LogP contribution is 2.25. The summed E-state index contributed by atoms with van der Waals surface area (Å²) < 4.78 is 10.4. The highest BCUT2D eigenvalue weighted by atomic mass is 32.2. The Hall–Kier alpha value is -1.36. The van der Waals surface area contributed by atoms with E-state index in [1.807, 2.05) is 31.2 Å². The van der Waals surface area contributed by atoms with Crippen LogP contribution in [0.15, 0.2) is 24.3 Å². The molecule has 1 aromatic carbocycles. The number of hydrogen-bond acceptors (Lipinski definition) is 5. The average Bonchev–Trinajstić information content (AvgIpc) is 2.47. The number of esters is 1. The third kappa shape index (κ3) is 5.33. The van der Waals surface area contributed by atoms with Crippen LogP contribution < -0.4 is 10.1 Å². The smallest absolute Gasteiger partial charge is 0.328 e. The molecule has 0 spiro atoms. The molecule has 1 atom stereocenters. The summed E-state index contributed by atoms with van der Waals surface area (Å²) in [6.45, 7) is 2.21. The predicted octanol–water partition coefficient (Wildman–Crippen LogP) is 3.18. The van der Waals surface area contributed by atoms with E-state index in [0.717, 1.165) is 30.0 Å². The fourth-order valence-corrected chi connectivity index (χ4v) is 2.33. The molecule has 0 fully saturated rings. The molecule has 0 aliphatic heterocycles. The molecular formula is C15H23NO3S. The lowest BCUT2D eigenvalue weighted by atomic mass is 10.1. The minimum Gasteiger partial charge on any atom is -0.495 e. The lowest BCUT2D eigenvalue weighted by molar-refractivity contribution is -0.144. The van der Waals surface area contributed by atoms with Crippen LogP contribution in [0.5, 0.6) is 5.75 Å². The van der Waals surface area contributed by atoms with Gasteiger partial charge in [-0.1, -0.05) is 12.1 Å². The van der Waals surface area contributed by atoms with Gasteiger partial charge in [-0.05, 0) is 43.9 Å². The van der Waals surface area contributed by atoms with E-state index in [4.69, 9.17) is 9.47 Å². The summed E-state index contributed by atoms with van der Waals surface area (Å²) in [5.41, 5.74) is 0.817. The van der Waals surface area contributed by atoms with Crippen molar-refractivity contribution in [2.45, 2.75) is 25.8 Å². The number of rotatable bonds is 9. The van der Waals surface area contributed by atoms with E-state index < -0.39 is 0 Å². The topological polar surface area (TPSA) is 47.6 Å². The molecule has 1 rings (SSSR count). The van der Waals surface area contributed by atoms with Crippen molar-refractivity contribution in [2.24, 2.45) is 0 Å². The van der Waals surface area contributed by atoms with Crippen molar-refractivity contribution >= 4 is 23.4 Å². The molecule has 0 saturated heterocycles. The largest absolute Gasteiger partial charge is 0.495 e. The Morgan fingerprint density at radius 3 is 2.80 bits per heavy atom. The summed E-state index contributed by atoms with van der Waals surface area (Å²) in [5.74, 6) is 1.55. The molecule has 5 heteroatoms. The third-order valence-corrected chi connectivity index (χ3v) is 3.55. The van der Waals surface area contributed by atoms with Gasteiger partial charge in [0.25, 0.3) is 0 Å². The van der Waals surface area contributed by atoms with E-state index in [1.165, 1.54) is 0 Å². The molecule has 0 aromatic heterocycles. The van der Waals surface area contributed by atoms with Crippen molar-refractivity contribution in [3.05, 3.63) is 24.3 Å². The van der Waals surface area contributed by atoms with E-state index in [0.29, 0.717) is 6.61 Å². The van der Waals surface area contributed by atoms with Crippen molar-refractivity contribution in [1.29, 1.82) is 0 Å². The molecule has 1 N–H and O–H groups in total. The van der Waals surface area contributed by atoms with Crippen LogP contribution in [0.2, 0.25) is 0 Å². The summed E-state index contributed by atoms with van der Waals surface area (Å²) in [4.78, 5) is 12.0. The van der Waals surface area contributed by atoms with Crippen LogP contribution in [-0.2, 0) is 9.53 Å². The summed E-state index contributed by atoms with van der Waals surface area (Å²) in [6, 6.07) is 7.25. The maximum Gasteiger partial charge on any atom is 0.328 e. The molecule has 0 aliphatic carbocycles. The zero-order chi connectivity index (χ0) is 14.8. The number of ether oxygens (including phenoxy) is 2. The van der Waals surface area contributed by atoms with Crippen LogP contribution in [0.25, 0.3) is 0 Å². The van der Waals surface area contributed by atoms with E-state index in [1.54, 1.807) is 18.9 Å². The second-order valence-electron chi connectivity index (χ2n) is 4.28. The van der Waals surface area contributed by atoms with Gasteiger partial charge in [0.15, 0.2) is 0 Å². The van der Waals surface area contributed by atoms with E-state index in [2.05, 4.69) is 11.6 Å². The lowest BCUT2D eigenvalue weighted by Gasteiger charge is -2.19. The standard InChI is InChI=1S/C15H23NO3S/c1-4-19-15(17)13(9-7-11-20-3)16-12-8-5-6-10-14(12)18-2/h5-6,8,10,13,16H,4,7,9,11H2,1-3H3. The van der Waals surface area contributed by atoms with Gasteiger partial charge in [0.05, 0.1) is 19.4 Å². The van der Waals surface area contributed by atoms with Crippen LogP contribution in [0.4, 0.5) is 5.69 Å². The molecule has 0 saturated carbocycles. The molecule has 112 valence electrons. The Labute approximate surface area is 125 Å². The van der Waals surface area contributed by atoms with Gasteiger partial charge >= 0.3 is 5.97 Å². The number of thioether (sulfide) groups is 1. The van der Waals surface area contributed by atoms with E-state index in [-0.39, 0.29) is 12.0 Å². The number of benzene rings is 1. The van der Waals surface area contributed by atoms with Gasteiger partial charge in [0.2, 0.25) is 0 Å². The number of anilines is 1. The van der Waals surface area contributed by atoms with Gasteiger partial charge in [-0.15, -0.1) is 0 Å². The van der Waals surface area contributed by atoms with Gasteiger partial charge in [0, 0.05) is 0 Å². The second kappa shape index (κ2) is 9.53. The van der Waals surface area contributed by atoms with Crippen molar-refractivity contribution in [3.8, 4) is 5.75 Å². The number of para-hydroxylation sites is 2. The van der Waals surface area contributed by atoms with Gasteiger partial charge < -0.3 is 14.8 Å². The van der Waals surface area contributed by atoms with Gasteiger partial charge in [-0.25, -0.2) is 4.79 Å². The Morgan fingerprint density at radius 2 is 2.15 bits per heavy atom. The summed E-state index contributed by atoms with van der Waals surface area (Å²) in [5, 5.41) is 3.23. The predicted molar refractivity (Wildman–Crippen MR) is 84.7 cm³/mol. The molecule has 0 radical (unpaired) electrons. The average molecular weight is 297 g/mol. The Balaban J connectivity index is 2.74. The number of nitrogens with one attached hydrogen (secondary N) is 1. The van der Waals surface area contributed by atoms with Gasteiger partial charge in [0.1, 0.15) is 11.8 Å². The lowest BCUT2D eigenvalue weighted by Crippen LogP contribution is -2.31. The Kier molecular flexibility index (Phi) is 7.95. The Bertz CT molecular complexity index is 412. The molecule has 0 heterocycles. The zero-order valence-corrected chi connectivity index (χ0v) is 13.2. The summed E-state index contributed by atoms with van der Waals surface area (Å²) >= 11 is 1.78. The highest BCUT2D eigenvalue weighted by molar-refractivity contribution is 7.98. The Morgan fingerprint density at radius 1 is 1.40 bits per heavy atom. The molecule has 4 nitrogen and oxygen atoms in total. The van der Waals surface area contributed by atoms with Crippen LogP contribution in [0.3, 0.4) is 0 Å². The molecule has 20 heavy (non-hydrogen) atoms. The number of hydrogen-bond donors (Lipinski definition) is 1. The summed E-state index contributed by atoms with van der Waals surface area (Å²) in [7, 11) is 1.62. The molecule has 0 aliphatic rings. The highest BCUT2D eigenvalue weighted by Gasteiger charge is 2.20. The zero-order valence-electron chi connectivity index (χ0n) is 12.3. The van der Waals surface area contributed by atoms with Crippen LogP contribution in [0.1, 0.15) is 19.8 Å². The fourth-order valence-electron chi connectivity index (χ4n) is 1.88. The first-order valence-electron chi connectivity index (χ1n) is 6.78. The summed E-state index contributed by atoms with van der Waals surface area (Å²) in [6.07, 6.45) is 3.78. The van der Waals surface area contributed by atoms with E-state index in [9.17, 15) is 4.79 Å². The van der Waals surface area contributed by atoms with Crippen molar-refractivity contribution in [1.82, 2.24) is 0 Å². The van der Waals surface area contributed by atoms with Gasteiger partial charge in [-0.3, -0.25) is 0 Å². The molecule has 1 unspecified atom stereocenters. The van der Waals surface area contributed by atoms with E-state index >= 15 is 0 Å². The van der Waals surface area contributed by atoms with Crippen LogP contribution in [-0.4, -0.2) is 37.7 Å². The monoisotopic (exact) mass is 297 g/mol. The molecule has 1 aromatic rings. The third-order valence-electron chi connectivity index (χ3n) is 2.85. The van der Waals surface area contributed by atoms with Crippen molar-refractivity contribution in [3.63, 3.8) is 0 Å². The second-order valence-corrected chi connectivity index (χ2v) is 5.27. The quantitative estimate of drug-likeness (QED) is 0.560.